The largest absolute Gasteiger partial charge is 0.573 e. The number of halogens is 3. The number of aromatic nitrogens is 1. The van der Waals surface area contributed by atoms with Gasteiger partial charge in [0.2, 0.25) is 0 Å². The Morgan fingerprint density at radius 3 is 2.30 bits per heavy atom. The van der Waals surface area contributed by atoms with Gasteiger partial charge in [0.05, 0.1) is 6.10 Å². The first-order valence-corrected chi connectivity index (χ1v) is 12.2. The Hall–Kier alpha value is -3.59. The van der Waals surface area contributed by atoms with E-state index in [-0.39, 0.29) is 17.8 Å². The number of para-hydroxylation sites is 1. The Labute approximate surface area is 214 Å². The van der Waals surface area contributed by atoms with Gasteiger partial charge in [-0.25, -0.2) is 9.78 Å². The molecule has 2 heterocycles. The molecule has 0 amide bonds. The van der Waals surface area contributed by atoms with Crippen molar-refractivity contribution in [3.05, 3.63) is 89.1 Å². The molecule has 196 valence electrons. The number of pyridine rings is 1. The zero-order chi connectivity index (χ0) is 26.4. The molecule has 4 rings (SSSR count). The van der Waals surface area contributed by atoms with Crippen molar-refractivity contribution < 1.29 is 27.4 Å². The molecule has 0 N–H and O–H groups in total. The van der Waals surface area contributed by atoms with E-state index in [1.165, 1.54) is 12.1 Å². The molecule has 0 aliphatic carbocycles. The predicted molar refractivity (Wildman–Crippen MR) is 135 cm³/mol. The van der Waals surface area contributed by atoms with Gasteiger partial charge in [-0.1, -0.05) is 42.5 Å². The van der Waals surface area contributed by atoms with Crippen LogP contribution < -0.4 is 9.64 Å². The van der Waals surface area contributed by atoms with Crippen LogP contribution in [-0.4, -0.2) is 54.5 Å². The molecule has 6 nitrogen and oxygen atoms in total. The number of hydrogen-bond acceptors (Lipinski definition) is 6. The Balaban J connectivity index is 1.33. The first kappa shape index (κ1) is 26.5. The number of benzene rings is 2. The summed E-state index contributed by atoms with van der Waals surface area (Å²) < 4.78 is 47.6. The molecular weight excluding hydrogens is 483 g/mol. The number of hydrogen-bond donors (Lipinski definition) is 0. The van der Waals surface area contributed by atoms with E-state index in [9.17, 15) is 18.0 Å². The Bertz CT molecular complexity index is 1190. The lowest BCUT2D eigenvalue weighted by Gasteiger charge is -2.36. The fraction of sp³-hybridized carbons (Fsp3) is 0.357. The number of carbonyl (C=O) groups excluding carboxylic acids is 1. The molecule has 3 aromatic rings. The van der Waals surface area contributed by atoms with Crippen molar-refractivity contribution in [2.24, 2.45) is 0 Å². The Morgan fingerprint density at radius 2 is 1.62 bits per heavy atom. The molecule has 2 aromatic carbocycles. The minimum Gasteiger partial charge on any atom is -0.459 e. The molecule has 37 heavy (non-hydrogen) atoms. The molecule has 0 spiro atoms. The van der Waals surface area contributed by atoms with Crippen LogP contribution in [0.15, 0.2) is 66.9 Å². The van der Waals surface area contributed by atoms with Gasteiger partial charge in [0, 0.05) is 45.3 Å². The molecule has 1 saturated heterocycles. The van der Waals surface area contributed by atoms with Gasteiger partial charge in [0.15, 0.2) is 0 Å². The van der Waals surface area contributed by atoms with Crippen LogP contribution in [0.3, 0.4) is 0 Å². The smallest absolute Gasteiger partial charge is 0.459 e. The number of carbonyl (C=O) groups is 1. The molecule has 0 atom stereocenters. The highest BCUT2D eigenvalue weighted by molar-refractivity contribution is 5.94. The van der Waals surface area contributed by atoms with Crippen molar-refractivity contribution in [1.82, 2.24) is 9.88 Å². The van der Waals surface area contributed by atoms with Crippen LogP contribution in [0.4, 0.5) is 19.0 Å². The van der Waals surface area contributed by atoms with Gasteiger partial charge in [-0.3, -0.25) is 4.90 Å². The van der Waals surface area contributed by atoms with E-state index in [1.54, 1.807) is 30.5 Å². The summed E-state index contributed by atoms with van der Waals surface area (Å²) in [7, 11) is 0. The SMILES string of the molecule is CC(C)OC(=O)c1cccnc1N1CCN(Cc2ccc(Cc3ccccc3OC(F)(F)F)cc2)CC1. The van der Waals surface area contributed by atoms with Gasteiger partial charge < -0.3 is 14.4 Å². The molecule has 1 fully saturated rings. The summed E-state index contributed by atoms with van der Waals surface area (Å²) in [6.07, 6.45) is -2.90. The Kier molecular flexibility index (Phi) is 8.33. The summed E-state index contributed by atoms with van der Waals surface area (Å²) in [5.74, 6) is 0.102. The third kappa shape index (κ3) is 7.45. The van der Waals surface area contributed by atoms with Crippen LogP contribution in [0.5, 0.6) is 5.75 Å². The summed E-state index contributed by atoms with van der Waals surface area (Å²) in [5, 5.41) is 0. The molecule has 1 aromatic heterocycles. The number of esters is 1. The maximum absolute atomic E-state index is 12.7. The summed E-state index contributed by atoms with van der Waals surface area (Å²) in [6.45, 7) is 7.46. The van der Waals surface area contributed by atoms with Crippen LogP contribution in [0.2, 0.25) is 0 Å². The second-order valence-corrected chi connectivity index (χ2v) is 9.24. The fourth-order valence-corrected chi connectivity index (χ4v) is 4.32. The minimum atomic E-state index is -4.72. The van der Waals surface area contributed by atoms with E-state index in [0.29, 0.717) is 23.4 Å². The number of ether oxygens (including phenoxy) is 2. The third-order valence-electron chi connectivity index (χ3n) is 6.04. The molecule has 0 radical (unpaired) electrons. The van der Waals surface area contributed by atoms with Crippen molar-refractivity contribution >= 4 is 11.8 Å². The summed E-state index contributed by atoms with van der Waals surface area (Å²) >= 11 is 0. The zero-order valence-corrected chi connectivity index (χ0v) is 20.9. The summed E-state index contributed by atoms with van der Waals surface area (Å²) in [6, 6.07) is 17.6. The second kappa shape index (κ2) is 11.6. The average Bonchev–Trinajstić information content (AvgIpc) is 2.86. The molecule has 0 saturated carbocycles. The second-order valence-electron chi connectivity index (χ2n) is 9.24. The van der Waals surface area contributed by atoms with Crippen LogP contribution in [0.1, 0.15) is 40.9 Å². The maximum Gasteiger partial charge on any atom is 0.573 e. The maximum atomic E-state index is 12.7. The van der Waals surface area contributed by atoms with Crippen LogP contribution >= 0.6 is 0 Å². The topological polar surface area (TPSA) is 54.9 Å². The number of alkyl halides is 3. The number of anilines is 1. The van der Waals surface area contributed by atoms with E-state index < -0.39 is 6.36 Å². The Morgan fingerprint density at radius 1 is 0.946 bits per heavy atom. The van der Waals surface area contributed by atoms with Crippen molar-refractivity contribution in [3.8, 4) is 5.75 Å². The van der Waals surface area contributed by atoms with Gasteiger partial charge in [-0.2, -0.15) is 0 Å². The summed E-state index contributed by atoms with van der Waals surface area (Å²) in [4.78, 5) is 21.4. The quantitative estimate of drug-likeness (QED) is 0.373. The predicted octanol–water partition coefficient (Wildman–Crippen LogP) is 5.46. The first-order valence-electron chi connectivity index (χ1n) is 12.2. The highest BCUT2D eigenvalue weighted by atomic mass is 19.4. The fourth-order valence-electron chi connectivity index (χ4n) is 4.32. The third-order valence-corrected chi connectivity index (χ3v) is 6.04. The van der Waals surface area contributed by atoms with Crippen molar-refractivity contribution in [1.29, 1.82) is 0 Å². The van der Waals surface area contributed by atoms with Gasteiger partial charge >= 0.3 is 12.3 Å². The molecule has 0 unspecified atom stereocenters. The van der Waals surface area contributed by atoms with E-state index in [4.69, 9.17) is 4.74 Å². The number of nitrogens with zero attached hydrogens (tertiary/aromatic N) is 3. The zero-order valence-electron chi connectivity index (χ0n) is 20.9. The van der Waals surface area contributed by atoms with E-state index in [0.717, 1.165) is 43.9 Å². The van der Waals surface area contributed by atoms with Crippen LogP contribution in [-0.2, 0) is 17.7 Å². The van der Waals surface area contributed by atoms with Crippen molar-refractivity contribution in [2.75, 3.05) is 31.1 Å². The first-order chi connectivity index (χ1) is 17.7. The average molecular weight is 514 g/mol. The molecule has 1 aliphatic rings. The van der Waals surface area contributed by atoms with Gasteiger partial charge in [0.25, 0.3) is 0 Å². The number of piperazine rings is 1. The standard InChI is InChI=1S/C28H30F3N3O3/c1-20(2)36-27(35)24-7-5-13-32-26(24)34-16-14-33(15-17-34)19-22-11-9-21(10-12-22)18-23-6-3-4-8-25(23)37-28(29,30)31/h3-13,20H,14-19H2,1-2H3. The van der Waals surface area contributed by atoms with Gasteiger partial charge in [-0.15, -0.1) is 13.2 Å². The lowest BCUT2D eigenvalue weighted by molar-refractivity contribution is -0.274. The highest BCUT2D eigenvalue weighted by Crippen LogP contribution is 2.28. The van der Waals surface area contributed by atoms with Crippen LogP contribution in [0.25, 0.3) is 0 Å². The van der Waals surface area contributed by atoms with Gasteiger partial charge in [0.1, 0.15) is 17.1 Å². The minimum absolute atomic E-state index is 0.175. The van der Waals surface area contributed by atoms with Crippen LogP contribution in [0, 0.1) is 0 Å². The monoisotopic (exact) mass is 513 g/mol. The van der Waals surface area contributed by atoms with E-state index in [2.05, 4.69) is 19.5 Å². The van der Waals surface area contributed by atoms with E-state index in [1.807, 2.05) is 38.1 Å². The lowest BCUT2D eigenvalue weighted by atomic mass is 10.0. The summed E-state index contributed by atoms with van der Waals surface area (Å²) in [5.41, 5.74) is 2.98. The normalized spacial score (nSPS) is 14.6. The van der Waals surface area contributed by atoms with Crippen molar-refractivity contribution in [3.63, 3.8) is 0 Å². The van der Waals surface area contributed by atoms with Crippen molar-refractivity contribution in [2.45, 2.75) is 39.3 Å². The van der Waals surface area contributed by atoms with E-state index >= 15 is 0 Å². The molecule has 0 bridgehead atoms. The molecule has 9 heteroatoms. The molecule has 1 aliphatic heterocycles. The highest BCUT2D eigenvalue weighted by Gasteiger charge is 2.32. The molecular formula is C28H30F3N3O3. The lowest BCUT2D eigenvalue weighted by Crippen LogP contribution is -2.46. The van der Waals surface area contributed by atoms with Gasteiger partial charge in [-0.05, 0) is 48.7 Å². The number of rotatable bonds is 8.